The molecule has 1 aromatic rings. The van der Waals surface area contributed by atoms with Gasteiger partial charge in [-0.15, -0.1) is 0 Å². The molecule has 0 aliphatic heterocycles. The van der Waals surface area contributed by atoms with Crippen LogP contribution in [0.2, 0.25) is 0 Å². The first kappa shape index (κ1) is 16.7. The van der Waals surface area contributed by atoms with Crippen molar-refractivity contribution in [2.45, 2.75) is 40.0 Å². The lowest BCUT2D eigenvalue weighted by molar-refractivity contribution is 0.375. The number of halogens is 5. The maximum atomic E-state index is 14.1. The molecule has 1 unspecified atom stereocenters. The third kappa shape index (κ3) is 2.57. The Morgan fingerprint density at radius 2 is 1.36 bits per heavy atom. The number of hydrogen-bond acceptors (Lipinski definition) is 0. The molecule has 0 amide bonds. The second-order valence-electron chi connectivity index (χ2n) is 5.58. The third-order valence-corrected chi connectivity index (χ3v) is 4.17. The van der Waals surface area contributed by atoms with Crippen molar-refractivity contribution in [1.82, 2.24) is 0 Å². The molecule has 5 heteroatoms. The van der Waals surface area contributed by atoms with Crippen molar-refractivity contribution >= 4 is 5.57 Å². The zero-order valence-electron chi connectivity index (χ0n) is 12.7. The highest BCUT2D eigenvalue weighted by atomic mass is 19.2. The molecule has 0 saturated heterocycles. The number of rotatable bonds is 4. The molecule has 1 aromatic carbocycles. The molecule has 0 heterocycles. The van der Waals surface area contributed by atoms with Gasteiger partial charge in [-0.1, -0.05) is 31.4 Å². The van der Waals surface area contributed by atoms with Gasteiger partial charge in [-0.3, -0.25) is 0 Å². The summed E-state index contributed by atoms with van der Waals surface area (Å²) in [7, 11) is 0. The number of allylic oxidation sites excluding steroid dienone is 4. The zero-order valence-corrected chi connectivity index (χ0v) is 12.7. The summed E-state index contributed by atoms with van der Waals surface area (Å²) >= 11 is 0. The van der Waals surface area contributed by atoms with Crippen molar-refractivity contribution < 1.29 is 22.0 Å². The first-order valence-corrected chi connectivity index (χ1v) is 7.22. The van der Waals surface area contributed by atoms with Gasteiger partial charge >= 0.3 is 0 Å². The highest BCUT2D eigenvalue weighted by Gasteiger charge is 2.33. The van der Waals surface area contributed by atoms with Crippen LogP contribution in [0.5, 0.6) is 0 Å². The van der Waals surface area contributed by atoms with Crippen LogP contribution in [0.15, 0.2) is 17.2 Å². The van der Waals surface area contributed by atoms with Crippen LogP contribution in [0.1, 0.15) is 45.6 Å². The normalized spacial score (nSPS) is 18.2. The Labute approximate surface area is 126 Å². The monoisotopic (exact) mass is 316 g/mol. The van der Waals surface area contributed by atoms with E-state index in [0.29, 0.717) is 12.0 Å². The van der Waals surface area contributed by atoms with Gasteiger partial charge in [-0.25, -0.2) is 22.0 Å². The van der Waals surface area contributed by atoms with Crippen molar-refractivity contribution in [3.63, 3.8) is 0 Å². The lowest BCUT2D eigenvalue weighted by Crippen LogP contribution is -2.10. The summed E-state index contributed by atoms with van der Waals surface area (Å²) in [5.74, 6) is -9.75. The van der Waals surface area contributed by atoms with E-state index in [4.69, 9.17) is 0 Å². The summed E-state index contributed by atoms with van der Waals surface area (Å²) in [5.41, 5.74) is 0.797. The van der Waals surface area contributed by atoms with Gasteiger partial charge in [0.25, 0.3) is 0 Å². The fourth-order valence-corrected chi connectivity index (χ4v) is 2.87. The highest BCUT2D eigenvalue weighted by molar-refractivity contribution is 5.79. The van der Waals surface area contributed by atoms with E-state index < -0.39 is 34.6 Å². The van der Waals surface area contributed by atoms with E-state index in [2.05, 4.69) is 0 Å². The highest BCUT2D eigenvalue weighted by Crippen LogP contribution is 2.43. The van der Waals surface area contributed by atoms with E-state index in [9.17, 15) is 22.0 Å². The lowest BCUT2D eigenvalue weighted by atomic mass is 9.88. The number of benzene rings is 1. The molecular formula is C17H17F5. The Morgan fingerprint density at radius 1 is 0.864 bits per heavy atom. The average molecular weight is 316 g/mol. The number of hydrogen-bond donors (Lipinski definition) is 0. The predicted molar refractivity (Wildman–Crippen MR) is 75.6 cm³/mol. The summed E-state index contributed by atoms with van der Waals surface area (Å²) in [5, 5.41) is 0. The van der Waals surface area contributed by atoms with Crippen LogP contribution >= 0.6 is 0 Å². The number of unbranched alkanes of at least 4 members (excludes halogenated alkanes) is 1. The topological polar surface area (TPSA) is 0 Å². The van der Waals surface area contributed by atoms with Gasteiger partial charge in [0.15, 0.2) is 23.3 Å². The van der Waals surface area contributed by atoms with Crippen LogP contribution in [0, 0.1) is 35.0 Å². The van der Waals surface area contributed by atoms with Crippen molar-refractivity contribution in [3.8, 4) is 0 Å². The molecule has 0 saturated carbocycles. The molecule has 0 fully saturated rings. The van der Waals surface area contributed by atoms with Crippen molar-refractivity contribution in [2.75, 3.05) is 0 Å². The minimum Gasteiger partial charge on any atom is -0.203 e. The Morgan fingerprint density at radius 3 is 1.86 bits per heavy atom. The fourth-order valence-electron chi connectivity index (χ4n) is 2.87. The summed E-state index contributed by atoms with van der Waals surface area (Å²) in [6, 6.07) is 0. The maximum absolute atomic E-state index is 14.1. The first-order chi connectivity index (χ1) is 10.3. The summed E-state index contributed by atoms with van der Waals surface area (Å²) in [6.07, 6.45) is 4.13. The second-order valence-corrected chi connectivity index (χ2v) is 5.58. The minimum absolute atomic E-state index is 0.207. The van der Waals surface area contributed by atoms with E-state index in [1.54, 1.807) is 13.8 Å². The Kier molecular flexibility index (Phi) is 4.73. The van der Waals surface area contributed by atoms with Crippen LogP contribution in [-0.2, 0) is 0 Å². The quantitative estimate of drug-likeness (QED) is 0.367. The zero-order chi connectivity index (χ0) is 16.6. The van der Waals surface area contributed by atoms with Crippen molar-refractivity contribution in [2.24, 2.45) is 5.92 Å². The van der Waals surface area contributed by atoms with Crippen LogP contribution < -0.4 is 0 Å². The molecule has 0 spiro atoms. The molecule has 2 rings (SSSR count). The van der Waals surface area contributed by atoms with Crippen LogP contribution in [0.4, 0.5) is 22.0 Å². The molecule has 0 aromatic heterocycles. The SMILES string of the molecule is CCCCC1C=C(C)C(C)=C1c1c(F)c(F)c(F)c(F)c1F. The largest absolute Gasteiger partial charge is 0.203 e. The Bertz CT molecular complexity index is 641. The Hall–Kier alpha value is -1.65. The molecule has 0 bridgehead atoms. The van der Waals surface area contributed by atoms with Crippen LogP contribution in [0.25, 0.3) is 5.57 Å². The van der Waals surface area contributed by atoms with Crippen molar-refractivity contribution in [3.05, 3.63) is 51.9 Å². The molecule has 120 valence electrons. The predicted octanol–water partition coefficient (Wildman–Crippen LogP) is 5.92. The summed E-state index contributed by atoms with van der Waals surface area (Å²) in [4.78, 5) is 0. The average Bonchev–Trinajstić information content (AvgIpc) is 2.77. The van der Waals surface area contributed by atoms with E-state index in [1.165, 1.54) is 0 Å². The van der Waals surface area contributed by atoms with E-state index in [1.807, 2.05) is 13.0 Å². The molecular weight excluding hydrogens is 299 g/mol. The second kappa shape index (κ2) is 6.23. The van der Waals surface area contributed by atoms with Gasteiger partial charge in [-0.2, -0.15) is 0 Å². The summed E-state index contributed by atoms with van der Waals surface area (Å²) in [6.45, 7) is 5.39. The molecule has 1 aliphatic carbocycles. The van der Waals surface area contributed by atoms with Gasteiger partial charge in [0, 0.05) is 5.92 Å². The standard InChI is InChI=1S/C17H17F5/c1-4-5-6-10-7-8(2)9(3)11(10)12-13(18)15(20)17(22)16(21)14(12)19/h7,10H,4-6H2,1-3H3. The van der Waals surface area contributed by atoms with Crippen LogP contribution in [-0.4, -0.2) is 0 Å². The fraction of sp³-hybridized carbons (Fsp3) is 0.412. The van der Waals surface area contributed by atoms with Gasteiger partial charge in [0.2, 0.25) is 5.82 Å². The summed E-state index contributed by atoms with van der Waals surface area (Å²) < 4.78 is 68.3. The van der Waals surface area contributed by atoms with E-state index >= 15 is 0 Å². The van der Waals surface area contributed by atoms with E-state index in [0.717, 1.165) is 18.4 Å². The lowest BCUT2D eigenvalue weighted by Gasteiger charge is -2.17. The minimum atomic E-state index is -2.12. The maximum Gasteiger partial charge on any atom is 0.200 e. The van der Waals surface area contributed by atoms with Crippen LogP contribution in [0.3, 0.4) is 0 Å². The molecule has 0 radical (unpaired) electrons. The molecule has 1 aliphatic rings. The molecule has 0 N–H and O–H groups in total. The van der Waals surface area contributed by atoms with Gasteiger partial charge in [0.1, 0.15) is 0 Å². The van der Waals surface area contributed by atoms with Gasteiger partial charge in [-0.05, 0) is 31.4 Å². The smallest absolute Gasteiger partial charge is 0.200 e. The molecule has 1 atom stereocenters. The van der Waals surface area contributed by atoms with Crippen molar-refractivity contribution in [1.29, 1.82) is 0 Å². The van der Waals surface area contributed by atoms with Gasteiger partial charge in [0.05, 0.1) is 5.56 Å². The van der Waals surface area contributed by atoms with E-state index in [-0.39, 0.29) is 11.5 Å². The molecule has 0 nitrogen and oxygen atoms in total. The first-order valence-electron chi connectivity index (χ1n) is 7.22. The third-order valence-electron chi connectivity index (χ3n) is 4.17. The molecule has 22 heavy (non-hydrogen) atoms. The van der Waals surface area contributed by atoms with Gasteiger partial charge < -0.3 is 0 Å². The Balaban J connectivity index is 2.65.